The first kappa shape index (κ1) is 21.3. The topological polar surface area (TPSA) is 27.7 Å². The molecule has 3 nitrogen and oxygen atoms in total. The lowest BCUT2D eigenvalue weighted by Gasteiger charge is -2.24. The number of ether oxygens (including phenoxy) is 3. The second-order valence-corrected chi connectivity index (χ2v) is 7.77. The Morgan fingerprint density at radius 2 is 1.41 bits per heavy atom. The van der Waals surface area contributed by atoms with Crippen LogP contribution >= 0.6 is 0 Å². The van der Waals surface area contributed by atoms with Gasteiger partial charge in [-0.1, -0.05) is 58.0 Å². The van der Waals surface area contributed by atoms with Crippen molar-refractivity contribution in [1.82, 2.24) is 0 Å². The summed E-state index contributed by atoms with van der Waals surface area (Å²) in [7, 11) is 0. The normalized spacial score (nSPS) is 13.6. The van der Waals surface area contributed by atoms with Crippen LogP contribution in [0.2, 0.25) is 0 Å². The predicted molar refractivity (Wildman–Crippen MR) is 111 cm³/mol. The fourth-order valence-electron chi connectivity index (χ4n) is 3.21. The van der Waals surface area contributed by atoms with Crippen LogP contribution in [0.3, 0.4) is 0 Å². The van der Waals surface area contributed by atoms with Crippen LogP contribution in [-0.4, -0.2) is 19.5 Å². The maximum Gasteiger partial charge on any atom is 0.197 e. The van der Waals surface area contributed by atoms with Gasteiger partial charge in [0.25, 0.3) is 0 Å². The van der Waals surface area contributed by atoms with E-state index in [0.717, 1.165) is 11.5 Å². The molecule has 0 amide bonds. The van der Waals surface area contributed by atoms with Crippen molar-refractivity contribution < 1.29 is 14.2 Å². The predicted octanol–water partition coefficient (Wildman–Crippen LogP) is 6.29. The first-order chi connectivity index (χ1) is 13.0. The van der Waals surface area contributed by atoms with Crippen molar-refractivity contribution in [3.05, 3.63) is 60.2 Å². The smallest absolute Gasteiger partial charge is 0.197 e. The summed E-state index contributed by atoms with van der Waals surface area (Å²) in [6.07, 6.45) is 0.894. The maximum absolute atomic E-state index is 5.87. The second-order valence-electron chi connectivity index (χ2n) is 7.77. The molecular formula is C24H34O3. The van der Waals surface area contributed by atoms with Crippen molar-refractivity contribution >= 4 is 0 Å². The molecule has 3 heteroatoms. The third kappa shape index (κ3) is 7.64. The number of hydrogen-bond donors (Lipinski definition) is 0. The molecule has 0 saturated heterocycles. The molecule has 27 heavy (non-hydrogen) atoms. The van der Waals surface area contributed by atoms with E-state index in [1.54, 1.807) is 0 Å². The third-order valence-corrected chi connectivity index (χ3v) is 4.59. The van der Waals surface area contributed by atoms with Gasteiger partial charge in [-0.25, -0.2) is 0 Å². The highest BCUT2D eigenvalue weighted by molar-refractivity contribution is 5.30. The highest BCUT2D eigenvalue weighted by Gasteiger charge is 2.17. The second kappa shape index (κ2) is 11.0. The number of para-hydroxylation sites is 1. The van der Waals surface area contributed by atoms with Gasteiger partial charge in [-0.3, -0.25) is 0 Å². The zero-order valence-corrected chi connectivity index (χ0v) is 17.4. The fraction of sp³-hybridized carbons (Fsp3) is 0.500. The summed E-state index contributed by atoms with van der Waals surface area (Å²) < 4.78 is 17.2. The standard InChI is InChI=1S/C24H34O3/c1-18(2)17-24(19(3)4)21-11-13-23(14-12-21)27-20(5)25-15-16-26-22-9-7-6-8-10-22/h6-14,18-20,24H,15-17H2,1-5H3. The minimum absolute atomic E-state index is 0.313. The van der Waals surface area contributed by atoms with E-state index in [9.17, 15) is 0 Å². The van der Waals surface area contributed by atoms with E-state index in [-0.39, 0.29) is 6.29 Å². The van der Waals surface area contributed by atoms with E-state index in [1.165, 1.54) is 12.0 Å². The van der Waals surface area contributed by atoms with Gasteiger partial charge in [0.1, 0.15) is 18.1 Å². The molecule has 2 rings (SSSR count). The summed E-state index contributed by atoms with van der Waals surface area (Å²) in [5.74, 6) is 3.60. The number of hydrogen-bond acceptors (Lipinski definition) is 3. The van der Waals surface area contributed by atoms with Crippen molar-refractivity contribution in [2.24, 2.45) is 11.8 Å². The largest absolute Gasteiger partial charge is 0.491 e. The molecule has 2 aromatic carbocycles. The molecule has 0 aliphatic carbocycles. The van der Waals surface area contributed by atoms with Crippen molar-refractivity contribution in [2.45, 2.75) is 53.2 Å². The molecule has 0 N–H and O–H groups in total. The van der Waals surface area contributed by atoms with Crippen LogP contribution in [0.4, 0.5) is 0 Å². The molecule has 2 aromatic rings. The lowest BCUT2D eigenvalue weighted by Crippen LogP contribution is -2.20. The van der Waals surface area contributed by atoms with Gasteiger partial charge in [0.2, 0.25) is 0 Å². The number of rotatable bonds is 11. The Labute approximate surface area is 164 Å². The van der Waals surface area contributed by atoms with Crippen LogP contribution in [0.1, 0.15) is 52.5 Å². The molecule has 0 saturated carbocycles. The molecule has 0 spiro atoms. The molecule has 2 unspecified atom stereocenters. The van der Waals surface area contributed by atoms with Gasteiger partial charge in [-0.15, -0.1) is 0 Å². The van der Waals surface area contributed by atoms with Gasteiger partial charge in [0.05, 0.1) is 6.61 Å². The van der Waals surface area contributed by atoms with Crippen molar-refractivity contribution in [3.63, 3.8) is 0 Å². The van der Waals surface area contributed by atoms with Crippen LogP contribution in [0.15, 0.2) is 54.6 Å². The Hall–Kier alpha value is -2.00. The molecule has 0 aromatic heterocycles. The van der Waals surface area contributed by atoms with Gasteiger partial charge in [0.15, 0.2) is 6.29 Å². The first-order valence-corrected chi connectivity index (χ1v) is 10.0. The van der Waals surface area contributed by atoms with E-state index >= 15 is 0 Å². The molecule has 0 heterocycles. The van der Waals surface area contributed by atoms with E-state index in [0.29, 0.717) is 31.0 Å². The Morgan fingerprint density at radius 3 is 2.00 bits per heavy atom. The van der Waals surface area contributed by atoms with Crippen LogP contribution in [-0.2, 0) is 4.74 Å². The van der Waals surface area contributed by atoms with Crippen LogP contribution in [0.25, 0.3) is 0 Å². The SMILES string of the molecule is CC(C)CC(c1ccc(OC(C)OCCOc2ccccc2)cc1)C(C)C. The van der Waals surface area contributed by atoms with Crippen LogP contribution < -0.4 is 9.47 Å². The summed E-state index contributed by atoms with van der Waals surface area (Å²) in [6.45, 7) is 12.1. The average Bonchev–Trinajstić information content (AvgIpc) is 2.64. The molecule has 0 bridgehead atoms. The number of benzene rings is 2. The van der Waals surface area contributed by atoms with Crippen molar-refractivity contribution in [2.75, 3.05) is 13.2 Å². The third-order valence-electron chi connectivity index (χ3n) is 4.59. The summed E-state index contributed by atoms with van der Waals surface area (Å²) >= 11 is 0. The summed E-state index contributed by atoms with van der Waals surface area (Å²) in [4.78, 5) is 0. The van der Waals surface area contributed by atoms with Gasteiger partial charge in [-0.2, -0.15) is 0 Å². The maximum atomic E-state index is 5.87. The van der Waals surface area contributed by atoms with E-state index in [4.69, 9.17) is 14.2 Å². The minimum Gasteiger partial charge on any atom is -0.491 e. The molecule has 0 radical (unpaired) electrons. The average molecular weight is 371 g/mol. The Kier molecular flexibility index (Phi) is 8.66. The molecule has 0 aliphatic heterocycles. The van der Waals surface area contributed by atoms with Gasteiger partial charge < -0.3 is 14.2 Å². The first-order valence-electron chi connectivity index (χ1n) is 10.0. The van der Waals surface area contributed by atoms with E-state index in [1.807, 2.05) is 49.4 Å². The lowest BCUT2D eigenvalue weighted by molar-refractivity contribution is -0.0739. The zero-order chi connectivity index (χ0) is 19.6. The Balaban J connectivity index is 1.77. The van der Waals surface area contributed by atoms with Crippen molar-refractivity contribution in [1.29, 1.82) is 0 Å². The molecule has 148 valence electrons. The summed E-state index contributed by atoms with van der Waals surface area (Å²) in [6, 6.07) is 18.2. The van der Waals surface area contributed by atoms with Gasteiger partial charge >= 0.3 is 0 Å². The Morgan fingerprint density at radius 1 is 0.741 bits per heavy atom. The summed E-state index contributed by atoms with van der Waals surface area (Å²) in [5.41, 5.74) is 1.39. The fourth-order valence-corrected chi connectivity index (χ4v) is 3.21. The monoisotopic (exact) mass is 370 g/mol. The highest BCUT2D eigenvalue weighted by atomic mass is 16.7. The zero-order valence-electron chi connectivity index (χ0n) is 17.4. The van der Waals surface area contributed by atoms with Gasteiger partial charge in [-0.05, 0) is 60.9 Å². The molecule has 0 aliphatic rings. The Bertz CT molecular complexity index is 634. The highest BCUT2D eigenvalue weighted by Crippen LogP contribution is 2.32. The molecule has 2 atom stereocenters. The minimum atomic E-state index is -0.313. The quantitative estimate of drug-likeness (QED) is 0.343. The van der Waals surface area contributed by atoms with Crippen molar-refractivity contribution in [3.8, 4) is 11.5 Å². The van der Waals surface area contributed by atoms with Crippen LogP contribution in [0.5, 0.6) is 11.5 Å². The van der Waals surface area contributed by atoms with Gasteiger partial charge in [0, 0.05) is 0 Å². The lowest BCUT2D eigenvalue weighted by atomic mass is 9.82. The van der Waals surface area contributed by atoms with E-state index in [2.05, 4.69) is 39.8 Å². The molecular weight excluding hydrogens is 336 g/mol. The summed E-state index contributed by atoms with van der Waals surface area (Å²) in [5, 5.41) is 0. The van der Waals surface area contributed by atoms with E-state index < -0.39 is 0 Å². The van der Waals surface area contributed by atoms with Crippen LogP contribution in [0, 0.1) is 11.8 Å². The molecule has 0 fully saturated rings.